The molecule has 0 bridgehead atoms. The number of fused-ring (bicyclic) bond motifs is 3. The zero-order valence-electron chi connectivity index (χ0n) is 44.0. The smallest absolute Gasteiger partial charge is 0.328 e. The van der Waals surface area contributed by atoms with Crippen LogP contribution < -0.4 is 32.9 Å². The first-order chi connectivity index (χ1) is 38.4. The van der Waals surface area contributed by atoms with Gasteiger partial charge in [0.2, 0.25) is 5.91 Å². The first-order valence-corrected chi connectivity index (χ1v) is 26.6. The summed E-state index contributed by atoms with van der Waals surface area (Å²) in [5.74, 6) is -0.0260. The number of likely N-dealkylation sites (tertiary alicyclic amines) is 1. The number of methoxy groups -OCH3 is 1. The van der Waals surface area contributed by atoms with E-state index in [1.807, 2.05) is 71.9 Å². The summed E-state index contributed by atoms with van der Waals surface area (Å²) in [5, 5.41) is 14.3. The van der Waals surface area contributed by atoms with Crippen LogP contribution in [0.15, 0.2) is 126 Å². The molecule has 4 aromatic heterocycles. The van der Waals surface area contributed by atoms with Crippen LogP contribution in [0, 0.1) is 0 Å². The highest BCUT2D eigenvalue weighted by Gasteiger charge is 2.26. The third-order valence-corrected chi connectivity index (χ3v) is 14.8. The third-order valence-electron chi connectivity index (χ3n) is 14.8. The molecule has 5 aromatic carbocycles. The summed E-state index contributed by atoms with van der Waals surface area (Å²) in [6, 6.07) is 35.2. The number of primary amides is 2. The first kappa shape index (κ1) is 53.4. The number of nitrogens with two attached hydrogens (primary N) is 3. The molecule has 0 unspecified atom stereocenters. The predicted molar refractivity (Wildman–Crippen MR) is 301 cm³/mol. The summed E-state index contributed by atoms with van der Waals surface area (Å²) in [5.41, 5.74) is 25.6. The number of amides is 3. The number of aryl methyl sites for hydroxylation is 1. The van der Waals surface area contributed by atoms with E-state index in [0.29, 0.717) is 71.8 Å². The van der Waals surface area contributed by atoms with Gasteiger partial charge in [0.15, 0.2) is 11.5 Å². The molecule has 0 radical (unpaired) electrons. The molecule has 2 aliphatic heterocycles. The van der Waals surface area contributed by atoms with Crippen molar-refractivity contribution >= 4 is 62.3 Å². The standard InChI is InChI=1S/C40H43N9O6.C19H20N4O/c1-54-20-21-55-39-44-36(41)35-38(45-39)48(40(53)43-35)22-26-9-7-25(8-10-26)11-16-31(50)17-18-33(51)47-19-3-5-28(23-47)27-12-14-30(15-13-27)49-24-29-4-2-6-32(37(42)52)34(29)46-49;20-19(24)17-5-1-3-15-12-23(22-18(15)17)16-8-6-13(7-9-16)14-4-2-10-21-11-14/h2,4,6-10,12-15,24,28H,3,5,11,16-23H2,1H3,(H2,42,52)(H,43,53)(H2,41,44,45);1,3,5-9,12,14,21H,2,4,10-11H2,(H2,20,24)/t28-;14-/m11/s1. The van der Waals surface area contributed by atoms with E-state index in [9.17, 15) is 24.0 Å². The lowest BCUT2D eigenvalue weighted by Crippen LogP contribution is -2.39. The molecule has 20 nitrogen and oxygen atoms in total. The normalized spacial score (nSPS) is 15.5. The van der Waals surface area contributed by atoms with Gasteiger partial charge in [0, 0.05) is 75.1 Å². The number of benzene rings is 5. The van der Waals surface area contributed by atoms with Crippen LogP contribution in [0.25, 0.3) is 44.3 Å². The fraction of sp³-hybridized carbons (Fsp3) is 0.305. The monoisotopic (exact) mass is 1070 g/mol. The SMILES string of the molecule is COCCOc1nc(N)c2[nH]c(=O)n(Cc3ccc(CCC(=O)CCC(=O)N4CCC[C@@H](c5ccc(-n6cc7cccc(C(N)=O)c7n6)cc5)C4)cc3)c2n1.NC(=O)c1cccc2cn(-c3ccc([C@@H]4CCCNC4)cc3)nc12. The Balaban J connectivity index is 0.000000243. The summed E-state index contributed by atoms with van der Waals surface area (Å²) < 4.78 is 15.5. The number of nitrogens with zero attached hydrogens (tertiary/aromatic N) is 8. The largest absolute Gasteiger partial charge is 0.461 e. The quantitative estimate of drug-likeness (QED) is 0.0575. The zero-order valence-corrected chi connectivity index (χ0v) is 44.0. The Morgan fingerprint density at radius 1 is 0.696 bits per heavy atom. The van der Waals surface area contributed by atoms with Crippen molar-refractivity contribution in [3.8, 4) is 17.4 Å². The average Bonchev–Trinajstić information content (AvgIpc) is 4.25. The van der Waals surface area contributed by atoms with E-state index < -0.39 is 11.8 Å². The summed E-state index contributed by atoms with van der Waals surface area (Å²) in [7, 11) is 1.56. The number of nitrogens with one attached hydrogen (secondary N) is 2. The number of Topliss-reactive ketones (excluding diaryl/α,β-unsaturated/α-hetero) is 1. The number of rotatable bonds is 18. The summed E-state index contributed by atoms with van der Waals surface area (Å²) in [4.78, 5) is 75.3. The number of ether oxygens (including phenoxy) is 2. The molecule has 3 amide bonds. The van der Waals surface area contributed by atoms with E-state index >= 15 is 0 Å². The van der Waals surface area contributed by atoms with Gasteiger partial charge in [-0.15, -0.1) is 0 Å². The maximum atomic E-state index is 13.2. The van der Waals surface area contributed by atoms with Gasteiger partial charge < -0.3 is 41.9 Å². The lowest BCUT2D eigenvalue weighted by molar-refractivity contribution is -0.134. The van der Waals surface area contributed by atoms with E-state index in [1.165, 1.54) is 23.0 Å². The van der Waals surface area contributed by atoms with Gasteiger partial charge in [-0.05, 0) is 103 Å². The Labute approximate surface area is 454 Å². The van der Waals surface area contributed by atoms with Gasteiger partial charge in [-0.25, -0.2) is 14.2 Å². The van der Waals surface area contributed by atoms with Gasteiger partial charge >= 0.3 is 11.7 Å². The second-order valence-electron chi connectivity index (χ2n) is 20.1. The first-order valence-electron chi connectivity index (χ1n) is 26.6. The number of hydrogen-bond donors (Lipinski definition) is 5. The number of aromatic amines is 1. The second-order valence-corrected chi connectivity index (χ2v) is 20.1. The molecule has 2 saturated heterocycles. The molecule has 79 heavy (non-hydrogen) atoms. The molecule has 8 N–H and O–H groups in total. The minimum absolute atomic E-state index is 0.000666. The Kier molecular flexibility index (Phi) is 16.3. The van der Waals surface area contributed by atoms with Gasteiger partial charge in [-0.2, -0.15) is 20.2 Å². The highest BCUT2D eigenvalue weighted by atomic mass is 16.5. The Bertz CT molecular complexity index is 3710. The van der Waals surface area contributed by atoms with Gasteiger partial charge in [-0.1, -0.05) is 72.8 Å². The topological polar surface area (TPSA) is 279 Å². The molecule has 9 aromatic rings. The lowest BCUT2D eigenvalue weighted by Gasteiger charge is -2.33. The van der Waals surface area contributed by atoms with Crippen molar-refractivity contribution in [1.29, 1.82) is 0 Å². The summed E-state index contributed by atoms with van der Waals surface area (Å²) in [6.45, 7) is 4.31. The van der Waals surface area contributed by atoms with Crippen LogP contribution in [0.5, 0.6) is 6.01 Å². The molecule has 11 rings (SSSR count). The number of imidazole rings is 1. The van der Waals surface area contributed by atoms with Crippen LogP contribution in [0.1, 0.15) is 99.8 Å². The fourth-order valence-corrected chi connectivity index (χ4v) is 10.4. The number of piperidine rings is 2. The predicted octanol–water partition coefficient (Wildman–Crippen LogP) is 6.49. The molecular weight excluding hydrogens is 1000 g/mol. The Morgan fingerprint density at radius 3 is 1.90 bits per heavy atom. The summed E-state index contributed by atoms with van der Waals surface area (Å²) in [6.07, 6.45) is 9.41. The van der Waals surface area contributed by atoms with Crippen LogP contribution in [0.4, 0.5) is 5.82 Å². The van der Waals surface area contributed by atoms with Crippen molar-refractivity contribution in [2.75, 3.05) is 52.2 Å². The molecule has 20 heteroatoms. The van der Waals surface area contributed by atoms with Crippen LogP contribution in [-0.4, -0.2) is 114 Å². The maximum Gasteiger partial charge on any atom is 0.328 e. The molecule has 0 spiro atoms. The van der Waals surface area contributed by atoms with E-state index in [-0.39, 0.29) is 61.1 Å². The number of aromatic nitrogens is 8. The number of carbonyl (C=O) groups excluding carboxylic acids is 4. The van der Waals surface area contributed by atoms with Crippen molar-refractivity contribution in [3.05, 3.63) is 165 Å². The molecule has 0 saturated carbocycles. The second kappa shape index (κ2) is 24.1. The van der Waals surface area contributed by atoms with Crippen molar-refractivity contribution in [1.82, 2.24) is 49.3 Å². The molecule has 6 heterocycles. The minimum atomic E-state index is -0.516. The van der Waals surface area contributed by atoms with Crippen LogP contribution in [0.3, 0.4) is 0 Å². The van der Waals surface area contributed by atoms with Crippen molar-refractivity contribution < 1.29 is 28.7 Å². The molecule has 406 valence electrons. The molecule has 2 atom stereocenters. The summed E-state index contributed by atoms with van der Waals surface area (Å²) >= 11 is 0. The van der Waals surface area contributed by atoms with Crippen LogP contribution >= 0.6 is 0 Å². The number of carbonyl (C=O) groups is 4. The highest BCUT2D eigenvalue weighted by molar-refractivity contribution is 6.05. The fourth-order valence-electron chi connectivity index (χ4n) is 10.4. The Hall–Kier alpha value is -9.01. The van der Waals surface area contributed by atoms with Gasteiger partial charge in [-0.3, -0.25) is 23.7 Å². The van der Waals surface area contributed by atoms with Gasteiger partial charge in [0.05, 0.1) is 35.7 Å². The number of hydrogen-bond acceptors (Lipinski definition) is 13. The van der Waals surface area contributed by atoms with E-state index in [2.05, 4.69) is 66.9 Å². The molecule has 2 fully saturated rings. The maximum absolute atomic E-state index is 13.2. The van der Waals surface area contributed by atoms with Gasteiger partial charge in [0.1, 0.15) is 28.9 Å². The van der Waals surface area contributed by atoms with Crippen molar-refractivity contribution in [2.45, 2.75) is 69.7 Å². The van der Waals surface area contributed by atoms with Crippen molar-refractivity contribution in [2.24, 2.45) is 11.5 Å². The zero-order chi connectivity index (χ0) is 55.0. The number of nitrogen functional groups attached to an aromatic ring is 1. The molecule has 2 aliphatic rings. The van der Waals surface area contributed by atoms with E-state index in [0.717, 1.165) is 64.8 Å². The van der Waals surface area contributed by atoms with Crippen molar-refractivity contribution in [3.63, 3.8) is 0 Å². The number of anilines is 1. The lowest BCUT2D eigenvalue weighted by atomic mass is 9.90. The number of ketones is 1. The highest BCUT2D eigenvalue weighted by Crippen LogP contribution is 2.30. The van der Waals surface area contributed by atoms with Crippen LogP contribution in [-0.2, 0) is 27.3 Å². The number of H-pyrrole nitrogens is 1. The van der Waals surface area contributed by atoms with E-state index in [1.54, 1.807) is 34.7 Å². The molecular formula is C59H63N13O7. The van der Waals surface area contributed by atoms with Gasteiger partial charge in [0.25, 0.3) is 11.8 Å². The molecule has 0 aliphatic carbocycles. The minimum Gasteiger partial charge on any atom is -0.461 e. The average molecular weight is 1070 g/mol. The Morgan fingerprint density at radius 2 is 1.30 bits per heavy atom. The third kappa shape index (κ3) is 12.4. The van der Waals surface area contributed by atoms with Crippen LogP contribution in [0.2, 0.25) is 0 Å². The van der Waals surface area contributed by atoms with E-state index in [4.69, 9.17) is 26.7 Å².